The van der Waals surface area contributed by atoms with Crippen LogP contribution in [0.25, 0.3) is 0 Å². The minimum atomic E-state index is -4.82. The number of hydrogen-bond donors (Lipinski definition) is 2. The molecule has 1 atom stereocenters. The summed E-state index contributed by atoms with van der Waals surface area (Å²) in [6.45, 7) is 1.52. The molecule has 4 nitrogen and oxygen atoms in total. The molecule has 0 heterocycles. The molecule has 0 spiro atoms. The Hall–Kier alpha value is -1.76. The van der Waals surface area contributed by atoms with Crippen LogP contribution in [0.3, 0.4) is 0 Å². The molecular formula is C12H14F3NO3. The van der Waals surface area contributed by atoms with E-state index < -0.39 is 24.1 Å². The van der Waals surface area contributed by atoms with E-state index in [-0.39, 0.29) is 18.5 Å². The van der Waals surface area contributed by atoms with Gasteiger partial charge in [0.15, 0.2) is 5.75 Å². The van der Waals surface area contributed by atoms with Gasteiger partial charge in [-0.05, 0) is 25.5 Å². The van der Waals surface area contributed by atoms with Crippen LogP contribution in [0.15, 0.2) is 24.3 Å². The van der Waals surface area contributed by atoms with Crippen molar-refractivity contribution in [3.05, 3.63) is 24.3 Å². The summed E-state index contributed by atoms with van der Waals surface area (Å²) in [5, 5.41) is 11.3. The molecule has 0 radical (unpaired) electrons. The number of ether oxygens (including phenoxy) is 1. The van der Waals surface area contributed by atoms with Crippen molar-refractivity contribution in [3.8, 4) is 5.75 Å². The highest BCUT2D eigenvalue weighted by Crippen LogP contribution is 2.29. The second-order valence-corrected chi connectivity index (χ2v) is 3.98. The van der Waals surface area contributed by atoms with Crippen molar-refractivity contribution in [2.75, 3.05) is 5.32 Å². The first kappa shape index (κ1) is 15.3. The number of alkyl halides is 3. The van der Waals surface area contributed by atoms with Gasteiger partial charge in [0, 0.05) is 6.42 Å². The smallest absolute Gasteiger partial charge is 0.404 e. The van der Waals surface area contributed by atoms with Gasteiger partial charge in [0.2, 0.25) is 5.91 Å². The van der Waals surface area contributed by atoms with Gasteiger partial charge in [-0.1, -0.05) is 12.1 Å². The van der Waals surface area contributed by atoms with Gasteiger partial charge in [0.1, 0.15) is 0 Å². The lowest BCUT2D eigenvalue weighted by Crippen LogP contribution is -2.20. The first-order chi connectivity index (χ1) is 8.78. The fraction of sp³-hybridized carbons (Fsp3) is 0.417. The number of halogens is 3. The molecule has 0 bridgehead atoms. The van der Waals surface area contributed by atoms with E-state index in [0.29, 0.717) is 0 Å². The standard InChI is InChI=1S/C12H14F3NO3/c1-8(17)6-7-11(18)16-9-4-2-3-5-10(9)19-12(13,14)15/h2-5,8,17H,6-7H2,1H3,(H,16,18). The molecule has 1 aromatic carbocycles. The van der Waals surface area contributed by atoms with E-state index in [4.69, 9.17) is 5.11 Å². The lowest BCUT2D eigenvalue weighted by Gasteiger charge is -2.14. The first-order valence-electron chi connectivity index (χ1n) is 5.60. The molecule has 0 aliphatic heterocycles. The SMILES string of the molecule is CC(O)CCC(=O)Nc1ccccc1OC(F)(F)F. The Balaban J connectivity index is 2.70. The zero-order valence-electron chi connectivity index (χ0n) is 10.2. The number of carbonyl (C=O) groups excluding carboxylic acids is 1. The molecule has 0 saturated heterocycles. The van der Waals surface area contributed by atoms with E-state index in [9.17, 15) is 18.0 Å². The van der Waals surface area contributed by atoms with Gasteiger partial charge >= 0.3 is 6.36 Å². The number of aliphatic hydroxyl groups excluding tert-OH is 1. The van der Waals surface area contributed by atoms with Crippen LogP contribution in [0.4, 0.5) is 18.9 Å². The minimum Gasteiger partial charge on any atom is -0.404 e. The number of hydrogen-bond acceptors (Lipinski definition) is 3. The van der Waals surface area contributed by atoms with Gasteiger partial charge in [-0.2, -0.15) is 0 Å². The molecule has 7 heteroatoms. The van der Waals surface area contributed by atoms with Crippen molar-refractivity contribution >= 4 is 11.6 Å². The van der Waals surface area contributed by atoms with Crippen LogP contribution in [0.2, 0.25) is 0 Å². The number of amides is 1. The average molecular weight is 277 g/mol. The van der Waals surface area contributed by atoms with Crippen molar-refractivity contribution in [1.82, 2.24) is 0 Å². The third-order valence-electron chi connectivity index (χ3n) is 2.18. The molecule has 0 aliphatic carbocycles. The highest BCUT2D eigenvalue weighted by molar-refractivity contribution is 5.92. The van der Waals surface area contributed by atoms with Gasteiger partial charge in [-0.15, -0.1) is 13.2 Å². The Bertz CT molecular complexity index is 432. The number of benzene rings is 1. The number of nitrogens with one attached hydrogen (secondary N) is 1. The summed E-state index contributed by atoms with van der Waals surface area (Å²) in [6.07, 6.45) is -5.22. The molecule has 1 amide bonds. The van der Waals surface area contributed by atoms with Crippen LogP contribution in [-0.2, 0) is 4.79 Å². The Morgan fingerprint density at radius 3 is 2.63 bits per heavy atom. The van der Waals surface area contributed by atoms with Crippen molar-refractivity contribution in [1.29, 1.82) is 0 Å². The summed E-state index contributed by atoms with van der Waals surface area (Å²) in [5.74, 6) is -0.959. The summed E-state index contributed by atoms with van der Waals surface area (Å²) < 4.78 is 40.2. The number of anilines is 1. The maximum Gasteiger partial charge on any atom is 0.573 e. The number of aliphatic hydroxyl groups is 1. The zero-order chi connectivity index (χ0) is 14.5. The largest absolute Gasteiger partial charge is 0.573 e. The summed E-state index contributed by atoms with van der Waals surface area (Å²) in [6, 6.07) is 5.26. The maximum absolute atomic E-state index is 12.1. The van der Waals surface area contributed by atoms with Gasteiger partial charge < -0.3 is 15.2 Å². The second-order valence-electron chi connectivity index (χ2n) is 3.98. The first-order valence-corrected chi connectivity index (χ1v) is 5.60. The van der Waals surface area contributed by atoms with Gasteiger partial charge in [-0.3, -0.25) is 4.79 Å². The van der Waals surface area contributed by atoms with E-state index in [2.05, 4.69) is 10.1 Å². The van der Waals surface area contributed by atoms with E-state index in [1.807, 2.05) is 0 Å². The van der Waals surface area contributed by atoms with E-state index in [0.717, 1.165) is 6.07 Å². The average Bonchev–Trinajstić information content (AvgIpc) is 2.27. The number of rotatable bonds is 5. The molecule has 19 heavy (non-hydrogen) atoms. The molecule has 0 aliphatic rings. The zero-order valence-corrected chi connectivity index (χ0v) is 10.2. The molecule has 1 aromatic rings. The van der Waals surface area contributed by atoms with Gasteiger partial charge in [0.25, 0.3) is 0 Å². The fourth-order valence-corrected chi connectivity index (χ4v) is 1.34. The van der Waals surface area contributed by atoms with Crippen molar-refractivity contribution in [2.45, 2.75) is 32.2 Å². The predicted molar refractivity (Wildman–Crippen MR) is 62.7 cm³/mol. The Kier molecular flexibility index (Phi) is 5.17. The summed E-state index contributed by atoms with van der Waals surface area (Å²) in [7, 11) is 0. The van der Waals surface area contributed by atoms with Crippen LogP contribution in [0.5, 0.6) is 5.75 Å². The van der Waals surface area contributed by atoms with E-state index in [1.165, 1.54) is 25.1 Å². The normalized spacial score (nSPS) is 12.9. The van der Waals surface area contributed by atoms with E-state index >= 15 is 0 Å². The number of para-hydroxylation sites is 2. The molecule has 1 rings (SSSR count). The monoisotopic (exact) mass is 277 g/mol. The highest BCUT2D eigenvalue weighted by Gasteiger charge is 2.32. The second kappa shape index (κ2) is 6.42. The minimum absolute atomic E-state index is 0.0119. The molecule has 2 N–H and O–H groups in total. The topological polar surface area (TPSA) is 58.6 Å². The fourth-order valence-electron chi connectivity index (χ4n) is 1.34. The summed E-state index contributed by atoms with van der Waals surface area (Å²) in [5.41, 5.74) is -0.0598. The third-order valence-corrected chi connectivity index (χ3v) is 2.18. The van der Waals surface area contributed by atoms with Crippen LogP contribution >= 0.6 is 0 Å². The molecular weight excluding hydrogens is 263 g/mol. The Labute approximate surface area is 108 Å². The maximum atomic E-state index is 12.1. The molecule has 0 aromatic heterocycles. The number of carbonyl (C=O) groups is 1. The van der Waals surface area contributed by atoms with Gasteiger partial charge in [-0.25, -0.2) is 0 Å². The van der Waals surface area contributed by atoms with Gasteiger partial charge in [0.05, 0.1) is 11.8 Å². The summed E-state index contributed by atoms with van der Waals surface area (Å²) >= 11 is 0. The van der Waals surface area contributed by atoms with Crippen LogP contribution in [-0.4, -0.2) is 23.5 Å². The van der Waals surface area contributed by atoms with Crippen LogP contribution < -0.4 is 10.1 Å². The lowest BCUT2D eigenvalue weighted by molar-refractivity contribution is -0.274. The van der Waals surface area contributed by atoms with E-state index in [1.54, 1.807) is 0 Å². The Morgan fingerprint density at radius 2 is 2.05 bits per heavy atom. The van der Waals surface area contributed by atoms with Crippen LogP contribution in [0.1, 0.15) is 19.8 Å². The van der Waals surface area contributed by atoms with Crippen molar-refractivity contribution < 1.29 is 27.8 Å². The lowest BCUT2D eigenvalue weighted by atomic mass is 10.2. The molecule has 0 fully saturated rings. The Morgan fingerprint density at radius 1 is 1.42 bits per heavy atom. The predicted octanol–water partition coefficient (Wildman–Crippen LogP) is 2.68. The third kappa shape index (κ3) is 6.10. The molecule has 1 unspecified atom stereocenters. The summed E-state index contributed by atoms with van der Waals surface area (Å²) in [4.78, 5) is 11.5. The molecule has 106 valence electrons. The van der Waals surface area contributed by atoms with Crippen LogP contribution in [0, 0.1) is 0 Å². The van der Waals surface area contributed by atoms with Crippen molar-refractivity contribution in [3.63, 3.8) is 0 Å². The molecule has 0 saturated carbocycles. The van der Waals surface area contributed by atoms with Crippen molar-refractivity contribution in [2.24, 2.45) is 0 Å². The quantitative estimate of drug-likeness (QED) is 0.870. The highest BCUT2D eigenvalue weighted by atomic mass is 19.4.